The number of nitrogens with zero attached hydrogens (tertiary/aromatic N) is 1. The summed E-state index contributed by atoms with van der Waals surface area (Å²) in [6.45, 7) is 1.35. The number of fused-ring (bicyclic) bond motifs is 2. The average Bonchev–Trinajstić information content (AvgIpc) is 2.83. The fraction of sp³-hybridized carbons (Fsp3) is 0.208. The molecule has 32 heavy (non-hydrogen) atoms. The summed E-state index contributed by atoms with van der Waals surface area (Å²) >= 11 is 0. The third-order valence-electron chi connectivity index (χ3n) is 5.55. The molecule has 1 amide bonds. The Hall–Kier alpha value is -3.52. The van der Waals surface area contributed by atoms with Gasteiger partial charge in [0, 0.05) is 23.9 Å². The molecule has 1 N–H and O–H groups in total. The van der Waals surface area contributed by atoms with Crippen molar-refractivity contribution in [1.82, 2.24) is 0 Å². The lowest BCUT2D eigenvalue weighted by Crippen LogP contribution is -2.35. The van der Waals surface area contributed by atoms with Gasteiger partial charge in [-0.05, 0) is 54.8 Å². The summed E-state index contributed by atoms with van der Waals surface area (Å²) in [4.78, 5) is 12.9. The van der Waals surface area contributed by atoms with Gasteiger partial charge in [-0.25, -0.2) is 8.42 Å². The quantitative estimate of drug-likeness (QED) is 0.653. The number of carbonyl (C=O) groups excluding carboxylic acids is 1. The predicted molar refractivity (Wildman–Crippen MR) is 121 cm³/mol. The van der Waals surface area contributed by atoms with Gasteiger partial charge in [-0.15, -0.1) is 0 Å². The maximum absolute atomic E-state index is 13.4. The Morgan fingerprint density at radius 1 is 0.906 bits per heavy atom. The maximum Gasteiger partial charge on any atom is 0.264 e. The van der Waals surface area contributed by atoms with Crippen molar-refractivity contribution in [2.24, 2.45) is 0 Å². The fourth-order valence-electron chi connectivity index (χ4n) is 4.00. The van der Waals surface area contributed by atoms with Crippen molar-refractivity contribution in [3.63, 3.8) is 0 Å². The van der Waals surface area contributed by atoms with Crippen LogP contribution in [0.5, 0.6) is 11.5 Å². The number of sulfonamides is 1. The monoisotopic (exact) mass is 450 g/mol. The molecule has 2 aliphatic rings. The van der Waals surface area contributed by atoms with Gasteiger partial charge >= 0.3 is 0 Å². The van der Waals surface area contributed by atoms with Crippen molar-refractivity contribution in [2.45, 2.75) is 17.7 Å². The van der Waals surface area contributed by atoms with Crippen molar-refractivity contribution in [1.29, 1.82) is 0 Å². The number of carbonyl (C=O) groups is 1. The van der Waals surface area contributed by atoms with E-state index >= 15 is 0 Å². The zero-order chi connectivity index (χ0) is 22.1. The topological polar surface area (TPSA) is 84.9 Å². The molecule has 164 valence electrons. The van der Waals surface area contributed by atoms with E-state index in [1.807, 2.05) is 24.3 Å². The van der Waals surface area contributed by atoms with Crippen LogP contribution in [0, 0.1) is 0 Å². The van der Waals surface area contributed by atoms with Crippen molar-refractivity contribution >= 4 is 27.3 Å². The lowest BCUT2D eigenvalue weighted by Gasteiger charge is -2.30. The van der Waals surface area contributed by atoms with E-state index in [0.717, 1.165) is 18.4 Å². The van der Waals surface area contributed by atoms with Crippen LogP contribution in [0.2, 0.25) is 0 Å². The first-order valence-electron chi connectivity index (χ1n) is 10.4. The van der Waals surface area contributed by atoms with Gasteiger partial charge in [0.25, 0.3) is 15.9 Å². The average molecular weight is 451 g/mol. The summed E-state index contributed by atoms with van der Waals surface area (Å²) in [6, 6.07) is 18.8. The second-order valence-corrected chi connectivity index (χ2v) is 9.51. The largest absolute Gasteiger partial charge is 0.486 e. The number of hydrogen-bond donors (Lipinski definition) is 1. The van der Waals surface area contributed by atoms with E-state index in [9.17, 15) is 13.2 Å². The number of benzene rings is 3. The summed E-state index contributed by atoms with van der Waals surface area (Å²) < 4.78 is 39.3. The highest BCUT2D eigenvalue weighted by molar-refractivity contribution is 7.92. The van der Waals surface area contributed by atoms with E-state index in [1.165, 1.54) is 16.4 Å². The molecule has 0 bridgehead atoms. The molecule has 0 atom stereocenters. The summed E-state index contributed by atoms with van der Waals surface area (Å²) in [5, 5.41) is 2.80. The van der Waals surface area contributed by atoms with Crippen molar-refractivity contribution in [3.05, 3.63) is 77.9 Å². The number of aryl methyl sites for hydroxylation is 1. The number of ether oxygens (including phenoxy) is 2. The van der Waals surface area contributed by atoms with Gasteiger partial charge in [0.2, 0.25) is 0 Å². The molecule has 2 heterocycles. The minimum atomic E-state index is -3.80. The van der Waals surface area contributed by atoms with Gasteiger partial charge in [0.15, 0.2) is 11.5 Å². The van der Waals surface area contributed by atoms with Gasteiger partial charge in [-0.1, -0.05) is 24.3 Å². The third kappa shape index (κ3) is 3.78. The fourth-order valence-corrected chi connectivity index (χ4v) is 5.59. The van der Waals surface area contributed by atoms with Crippen LogP contribution in [0.3, 0.4) is 0 Å². The summed E-state index contributed by atoms with van der Waals surface area (Å²) in [5.74, 6) is 0.788. The molecule has 0 saturated carbocycles. The molecule has 0 fully saturated rings. The second-order valence-electron chi connectivity index (χ2n) is 7.65. The normalized spacial score (nSPS) is 15.1. The first kappa shape index (κ1) is 20.4. The first-order valence-corrected chi connectivity index (χ1v) is 11.9. The molecule has 8 heteroatoms. The number of para-hydroxylation sites is 1. The molecule has 2 aliphatic heterocycles. The molecular weight excluding hydrogens is 428 g/mol. The van der Waals surface area contributed by atoms with Crippen LogP contribution in [0.15, 0.2) is 71.6 Å². The third-order valence-corrected chi connectivity index (χ3v) is 7.36. The van der Waals surface area contributed by atoms with Crippen LogP contribution in [0.1, 0.15) is 22.3 Å². The van der Waals surface area contributed by atoms with Crippen LogP contribution >= 0.6 is 0 Å². The Labute approximate surface area is 186 Å². The minimum Gasteiger partial charge on any atom is -0.486 e. The van der Waals surface area contributed by atoms with Crippen molar-refractivity contribution < 1.29 is 22.7 Å². The number of amides is 1. The van der Waals surface area contributed by atoms with Gasteiger partial charge in [0.05, 0.1) is 10.6 Å². The Bertz CT molecular complexity index is 1290. The molecule has 0 radical (unpaired) electrons. The molecular formula is C24H22N2O5S. The van der Waals surface area contributed by atoms with E-state index in [4.69, 9.17) is 9.47 Å². The molecule has 0 unspecified atom stereocenters. The molecule has 0 aliphatic carbocycles. The van der Waals surface area contributed by atoms with Gasteiger partial charge in [-0.2, -0.15) is 0 Å². The predicted octanol–water partition coefficient (Wildman–Crippen LogP) is 3.85. The lowest BCUT2D eigenvalue weighted by atomic mass is 10.0. The van der Waals surface area contributed by atoms with Crippen LogP contribution in [0.25, 0.3) is 0 Å². The molecule has 3 aromatic rings. The van der Waals surface area contributed by atoms with Gasteiger partial charge in [0.1, 0.15) is 13.2 Å². The van der Waals surface area contributed by atoms with Crippen LogP contribution in [-0.4, -0.2) is 34.1 Å². The molecule has 0 spiro atoms. The van der Waals surface area contributed by atoms with Crippen LogP contribution in [0.4, 0.5) is 11.4 Å². The zero-order valence-corrected chi connectivity index (χ0v) is 18.1. The Kier molecular flexibility index (Phi) is 5.22. The SMILES string of the molecule is O=C(Nc1ccc2c(c1)OCCO2)c1cccc(S(=O)(=O)N2CCCc3ccccc32)c1. The number of anilines is 2. The lowest BCUT2D eigenvalue weighted by molar-refractivity contribution is 0.102. The maximum atomic E-state index is 13.4. The number of nitrogens with one attached hydrogen (secondary N) is 1. The van der Waals surface area contributed by atoms with E-state index in [0.29, 0.717) is 42.6 Å². The summed E-state index contributed by atoms with van der Waals surface area (Å²) in [5.41, 5.74) is 2.50. The molecule has 3 aromatic carbocycles. The minimum absolute atomic E-state index is 0.0871. The van der Waals surface area contributed by atoms with Gasteiger partial charge in [-0.3, -0.25) is 9.10 Å². The molecule has 5 rings (SSSR count). The molecule has 0 aromatic heterocycles. The Morgan fingerprint density at radius 2 is 1.72 bits per heavy atom. The highest BCUT2D eigenvalue weighted by Crippen LogP contribution is 2.34. The summed E-state index contributed by atoms with van der Waals surface area (Å²) in [7, 11) is -3.80. The molecule has 0 saturated heterocycles. The highest BCUT2D eigenvalue weighted by Gasteiger charge is 2.29. The first-order chi connectivity index (χ1) is 15.5. The van der Waals surface area contributed by atoms with Crippen LogP contribution < -0.4 is 19.1 Å². The van der Waals surface area contributed by atoms with Crippen LogP contribution in [-0.2, 0) is 16.4 Å². The van der Waals surface area contributed by atoms with Crippen molar-refractivity contribution in [2.75, 3.05) is 29.4 Å². The second kappa shape index (κ2) is 8.20. The van der Waals surface area contributed by atoms with E-state index in [1.54, 1.807) is 30.3 Å². The standard InChI is InChI=1S/C24H22N2O5S/c27-24(25-19-10-11-22-23(16-19)31-14-13-30-22)18-6-3-8-20(15-18)32(28,29)26-12-4-7-17-5-1-2-9-21(17)26/h1-3,5-6,8-11,15-16H,4,7,12-14H2,(H,25,27). The number of rotatable bonds is 4. The van der Waals surface area contributed by atoms with E-state index in [2.05, 4.69) is 5.32 Å². The highest BCUT2D eigenvalue weighted by atomic mass is 32.2. The smallest absolute Gasteiger partial charge is 0.264 e. The Morgan fingerprint density at radius 3 is 2.59 bits per heavy atom. The molecule has 7 nitrogen and oxygen atoms in total. The van der Waals surface area contributed by atoms with E-state index in [-0.39, 0.29) is 10.5 Å². The van der Waals surface area contributed by atoms with Gasteiger partial charge < -0.3 is 14.8 Å². The van der Waals surface area contributed by atoms with Crippen molar-refractivity contribution in [3.8, 4) is 11.5 Å². The Balaban J connectivity index is 1.40. The van der Waals surface area contributed by atoms with E-state index < -0.39 is 15.9 Å². The summed E-state index contributed by atoms with van der Waals surface area (Å²) in [6.07, 6.45) is 1.60. The number of hydrogen-bond acceptors (Lipinski definition) is 5. The zero-order valence-electron chi connectivity index (χ0n) is 17.3.